The summed E-state index contributed by atoms with van der Waals surface area (Å²) in [6, 6.07) is 11.8. The molecule has 2 aromatic rings. The number of carbonyl (C=O) groups is 3. The third-order valence-electron chi connectivity index (χ3n) is 5.87. The largest absolute Gasteiger partial charge is 0.507 e. The SMILES string of the molecule is COc1ccc([C@H](C)O[C@@H]2CC(=O)C[C@H]3C(=O)c4cccc(O)c4C(=O)[C@H]23)cc1. The van der Waals surface area contributed by atoms with Crippen molar-refractivity contribution in [2.24, 2.45) is 11.8 Å². The lowest BCUT2D eigenvalue weighted by molar-refractivity contribution is -0.131. The minimum atomic E-state index is -0.776. The number of ketones is 3. The molecule has 0 aromatic heterocycles. The molecule has 29 heavy (non-hydrogen) atoms. The van der Waals surface area contributed by atoms with Crippen LogP contribution in [0.2, 0.25) is 0 Å². The number of benzene rings is 2. The van der Waals surface area contributed by atoms with Crippen LogP contribution in [-0.2, 0) is 9.53 Å². The summed E-state index contributed by atoms with van der Waals surface area (Å²) in [6.45, 7) is 1.84. The summed E-state index contributed by atoms with van der Waals surface area (Å²) in [4.78, 5) is 38.5. The van der Waals surface area contributed by atoms with Gasteiger partial charge in [-0.05, 0) is 30.7 Å². The Morgan fingerprint density at radius 3 is 2.41 bits per heavy atom. The number of methoxy groups -OCH3 is 1. The zero-order valence-electron chi connectivity index (χ0n) is 16.3. The van der Waals surface area contributed by atoms with Crippen molar-refractivity contribution in [3.63, 3.8) is 0 Å². The molecule has 0 bridgehead atoms. The predicted octanol–water partition coefficient (Wildman–Crippen LogP) is 3.52. The maximum Gasteiger partial charge on any atom is 0.173 e. The predicted molar refractivity (Wildman–Crippen MR) is 104 cm³/mol. The molecule has 2 aromatic carbocycles. The molecule has 150 valence electrons. The van der Waals surface area contributed by atoms with Crippen molar-refractivity contribution in [2.45, 2.75) is 32.0 Å². The number of ether oxygens (including phenoxy) is 2. The topological polar surface area (TPSA) is 89.9 Å². The van der Waals surface area contributed by atoms with Crippen LogP contribution < -0.4 is 4.74 Å². The van der Waals surface area contributed by atoms with E-state index in [1.165, 1.54) is 18.2 Å². The molecule has 1 fully saturated rings. The Kier molecular flexibility index (Phi) is 4.96. The van der Waals surface area contributed by atoms with E-state index < -0.39 is 17.9 Å². The van der Waals surface area contributed by atoms with Crippen LogP contribution in [0.5, 0.6) is 11.5 Å². The van der Waals surface area contributed by atoms with Gasteiger partial charge in [0.15, 0.2) is 11.6 Å². The Labute approximate surface area is 168 Å². The third kappa shape index (κ3) is 3.34. The Bertz CT molecular complexity index is 977. The smallest absolute Gasteiger partial charge is 0.173 e. The van der Waals surface area contributed by atoms with Crippen molar-refractivity contribution in [3.8, 4) is 11.5 Å². The van der Waals surface area contributed by atoms with Crippen LogP contribution >= 0.6 is 0 Å². The monoisotopic (exact) mass is 394 g/mol. The lowest BCUT2D eigenvalue weighted by Gasteiger charge is -2.40. The number of Topliss-reactive ketones (excluding diaryl/α,β-unsaturated/α-hetero) is 3. The number of hydrogen-bond donors (Lipinski definition) is 1. The van der Waals surface area contributed by atoms with Crippen molar-refractivity contribution >= 4 is 17.3 Å². The maximum atomic E-state index is 13.2. The number of fused-ring (bicyclic) bond motifs is 2. The summed E-state index contributed by atoms with van der Waals surface area (Å²) in [6.07, 6.45) is -1.00. The first kappa shape index (κ1) is 19.3. The first-order valence-electron chi connectivity index (χ1n) is 9.62. The molecule has 0 aliphatic heterocycles. The number of carbonyl (C=O) groups excluding carboxylic acids is 3. The van der Waals surface area contributed by atoms with E-state index in [1.54, 1.807) is 7.11 Å². The molecule has 0 spiro atoms. The van der Waals surface area contributed by atoms with Gasteiger partial charge in [0.05, 0.1) is 30.8 Å². The van der Waals surface area contributed by atoms with Crippen LogP contribution in [0.15, 0.2) is 42.5 Å². The van der Waals surface area contributed by atoms with Crippen molar-refractivity contribution in [1.29, 1.82) is 0 Å². The molecule has 0 amide bonds. The van der Waals surface area contributed by atoms with Crippen LogP contribution in [0.4, 0.5) is 0 Å². The average Bonchev–Trinajstić information content (AvgIpc) is 2.71. The van der Waals surface area contributed by atoms with E-state index >= 15 is 0 Å². The van der Waals surface area contributed by atoms with Crippen LogP contribution in [0.25, 0.3) is 0 Å². The number of phenolic OH excluding ortho intramolecular Hbond substituents is 1. The van der Waals surface area contributed by atoms with Gasteiger partial charge in [0.25, 0.3) is 0 Å². The average molecular weight is 394 g/mol. The lowest BCUT2D eigenvalue weighted by Crippen LogP contribution is -2.49. The number of aromatic hydroxyl groups is 1. The summed E-state index contributed by atoms with van der Waals surface area (Å²) >= 11 is 0. The minimum Gasteiger partial charge on any atom is -0.507 e. The second-order valence-electron chi connectivity index (χ2n) is 7.60. The van der Waals surface area contributed by atoms with Crippen LogP contribution in [0.3, 0.4) is 0 Å². The Morgan fingerprint density at radius 2 is 1.72 bits per heavy atom. The van der Waals surface area contributed by atoms with E-state index in [4.69, 9.17) is 9.47 Å². The molecule has 0 saturated heterocycles. The van der Waals surface area contributed by atoms with Gasteiger partial charge in [0, 0.05) is 24.3 Å². The molecule has 2 aliphatic carbocycles. The van der Waals surface area contributed by atoms with Gasteiger partial charge in [0.2, 0.25) is 0 Å². The normalized spacial score (nSPS) is 24.6. The molecular formula is C23H22O6. The minimum absolute atomic E-state index is 0.0289. The highest BCUT2D eigenvalue weighted by Gasteiger charge is 2.51. The van der Waals surface area contributed by atoms with E-state index in [0.717, 1.165) is 5.56 Å². The fraction of sp³-hybridized carbons (Fsp3) is 0.348. The van der Waals surface area contributed by atoms with Crippen molar-refractivity contribution in [2.75, 3.05) is 7.11 Å². The fourth-order valence-corrected chi connectivity index (χ4v) is 4.39. The van der Waals surface area contributed by atoms with Gasteiger partial charge in [-0.15, -0.1) is 0 Å². The molecule has 6 nitrogen and oxygen atoms in total. The number of hydrogen-bond acceptors (Lipinski definition) is 6. The van der Waals surface area contributed by atoms with Crippen molar-refractivity contribution < 1.29 is 29.0 Å². The lowest BCUT2D eigenvalue weighted by atomic mass is 9.65. The summed E-state index contributed by atoms with van der Waals surface area (Å²) < 4.78 is 11.3. The van der Waals surface area contributed by atoms with Gasteiger partial charge in [-0.2, -0.15) is 0 Å². The van der Waals surface area contributed by atoms with Gasteiger partial charge in [-0.1, -0.05) is 24.3 Å². The molecule has 0 radical (unpaired) electrons. The Hall–Kier alpha value is -2.99. The standard InChI is InChI=1S/C23H22O6/c1-12(13-6-8-15(28-2)9-7-13)29-19-11-14(24)10-17-21(19)23(27)20-16(22(17)26)4-3-5-18(20)25/h3-9,12,17,19,21,25H,10-11H2,1-2H3/t12-,17+,19+,21-/m0/s1. The van der Waals surface area contributed by atoms with E-state index in [0.29, 0.717) is 5.75 Å². The summed E-state index contributed by atoms with van der Waals surface area (Å²) in [5.41, 5.74) is 1.10. The number of rotatable bonds is 4. The van der Waals surface area contributed by atoms with E-state index in [9.17, 15) is 19.5 Å². The zero-order chi connectivity index (χ0) is 20.7. The highest BCUT2D eigenvalue weighted by atomic mass is 16.5. The molecule has 4 rings (SSSR count). The summed E-state index contributed by atoms with van der Waals surface area (Å²) in [5, 5.41) is 10.2. The van der Waals surface area contributed by atoms with Gasteiger partial charge in [-0.25, -0.2) is 0 Å². The number of phenols is 1. The van der Waals surface area contributed by atoms with Crippen molar-refractivity contribution in [3.05, 3.63) is 59.2 Å². The maximum absolute atomic E-state index is 13.2. The second-order valence-corrected chi connectivity index (χ2v) is 7.60. The van der Waals surface area contributed by atoms with Crippen molar-refractivity contribution in [1.82, 2.24) is 0 Å². The first-order chi connectivity index (χ1) is 13.9. The zero-order valence-corrected chi connectivity index (χ0v) is 16.3. The van der Waals surface area contributed by atoms with Gasteiger partial charge in [0.1, 0.15) is 17.3 Å². The molecule has 1 saturated carbocycles. The second kappa shape index (κ2) is 7.44. The Balaban J connectivity index is 1.65. The molecular weight excluding hydrogens is 372 g/mol. The highest BCUT2D eigenvalue weighted by molar-refractivity contribution is 6.18. The van der Waals surface area contributed by atoms with Crippen LogP contribution in [0, 0.1) is 11.8 Å². The van der Waals surface area contributed by atoms with Crippen LogP contribution in [0.1, 0.15) is 52.1 Å². The van der Waals surface area contributed by atoms with E-state index in [-0.39, 0.29) is 53.2 Å². The molecule has 0 unspecified atom stereocenters. The van der Waals surface area contributed by atoms with E-state index in [2.05, 4.69) is 0 Å². The first-order valence-corrected chi connectivity index (χ1v) is 9.62. The molecule has 6 heteroatoms. The molecule has 1 N–H and O–H groups in total. The fourth-order valence-electron chi connectivity index (χ4n) is 4.39. The van der Waals surface area contributed by atoms with Gasteiger partial charge >= 0.3 is 0 Å². The Morgan fingerprint density at radius 1 is 1.00 bits per heavy atom. The quantitative estimate of drug-likeness (QED) is 0.853. The van der Waals surface area contributed by atoms with Gasteiger partial charge < -0.3 is 14.6 Å². The van der Waals surface area contributed by atoms with Crippen LogP contribution in [-0.4, -0.2) is 35.7 Å². The summed E-state index contributed by atoms with van der Waals surface area (Å²) in [7, 11) is 1.58. The molecule has 0 heterocycles. The highest BCUT2D eigenvalue weighted by Crippen LogP contribution is 2.43. The summed E-state index contributed by atoms with van der Waals surface area (Å²) in [5.74, 6) is -1.72. The van der Waals surface area contributed by atoms with Gasteiger partial charge in [-0.3, -0.25) is 14.4 Å². The third-order valence-corrected chi connectivity index (χ3v) is 5.87. The molecule has 4 atom stereocenters. The van der Waals surface area contributed by atoms with E-state index in [1.807, 2.05) is 31.2 Å². The molecule has 2 aliphatic rings.